The quantitative estimate of drug-likeness (QED) is 0.165. The summed E-state index contributed by atoms with van der Waals surface area (Å²) in [5.74, 6) is 0. The third-order valence-corrected chi connectivity index (χ3v) is 14.4. The molecule has 0 heterocycles. The predicted octanol–water partition coefficient (Wildman–Crippen LogP) is 18.3. The maximum atomic E-state index is 5.86. The smallest absolute Gasteiger partial charge is 0.0435 e. The molecule has 12 rings (SSSR count). The second kappa shape index (κ2) is 20.8. The Morgan fingerprint density at radius 1 is 0.333 bits per heavy atom. The van der Waals surface area contributed by atoms with Crippen LogP contribution in [0.4, 0.5) is 5.69 Å². The molecule has 0 unspecified atom stereocenters. The summed E-state index contributed by atoms with van der Waals surface area (Å²) in [6.45, 7) is 4.72. The van der Waals surface area contributed by atoms with Crippen LogP contribution in [0.25, 0.3) is 44.5 Å². The van der Waals surface area contributed by atoms with Gasteiger partial charge in [-0.2, -0.15) is 0 Å². The minimum Gasteiger partial charge on any atom is -0.399 e. The van der Waals surface area contributed by atoms with E-state index in [4.69, 9.17) is 5.73 Å². The van der Waals surface area contributed by atoms with Crippen molar-refractivity contribution in [2.75, 3.05) is 5.73 Å². The van der Waals surface area contributed by atoms with Gasteiger partial charge in [0.15, 0.2) is 0 Å². The van der Waals surface area contributed by atoms with Crippen LogP contribution < -0.4 is 5.73 Å². The summed E-state index contributed by atoms with van der Waals surface area (Å²) in [5.41, 5.74) is 27.5. The number of nitrogens with two attached hydrogens (primary N) is 1. The van der Waals surface area contributed by atoms with E-state index in [1.54, 1.807) is 0 Å². The molecule has 2 aliphatic carbocycles. The second-order valence-corrected chi connectivity index (χ2v) is 18.8. The van der Waals surface area contributed by atoms with Crippen molar-refractivity contribution in [3.05, 3.63) is 304 Å². The minimum absolute atomic E-state index is 0. The van der Waals surface area contributed by atoms with E-state index in [1.807, 2.05) is 42.5 Å². The zero-order valence-corrected chi connectivity index (χ0v) is 39.5. The van der Waals surface area contributed by atoms with Crippen molar-refractivity contribution < 1.29 is 0 Å². The maximum Gasteiger partial charge on any atom is 0.0435 e. The molecule has 0 aromatic heterocycles. The van der Waals surface area contributed by atoms with Gasteiger partial charge in [0, 0.05) is 21.0 Å². The van der Waals surface area contributed by atoms with E-state index in [-0.39, 0.29) is 25.7 Å². The first kappa shape index (κ1) is 48.0. The van der Waals surface area contributed by atoms with Crippen molar-refractivity contribution in [3.63, 3.8) is 0 Å². The van der Waals surface area contributed by atoms with Crippen molar-refractivity contribution >= 4 is 21.6 Å². The lowest BCUT2D eigenvalue weighted by molar-refractivity contribution is 0.714. The fourth-order valence-electron chi connectivity index (χ4n) is 10.3. The molecule has 340 valence electrons. The number of hydrogen-bond acceptors (Lipinski definition) is 1. The Bertz CT molecular complexity index is 3210. The van der Waals surface area contributed by atoms with Gasteiger partial charge in [-0.1, -0.05) is 249 Å². The highest BCUT2D eigenvalue weighted by Crippen LogP contribution is 2.54. The number of hydrogen-bond donors (Lipinski definition) is 1. The summed E-state index contributed by atoms with van der Waals surface area (Å²) < 4.78 is 1.13. The van der Waals surface area contributed by atoms with Gasteiger partial charge in [0.2, 0.25) is 0 Å². The van der Waals surface area contributed by atoms with Crippen LogP contribution in [0, 0.1) is 0 Å². The number of nitrogen functional groups attached to an aromatic ring is 1. The summed E-state index contributed by atoms with van der Waals surface area (Å²) in [7, 11) is 0. The molecular formula is C67H60BrN. The molecule has 0 bridgehead atoms. The van der Waals surface area contributed by atoms with E-state index in [1.165, 1.54) is 89.0 Å². The van der Waals surface area contributed by atoms with Gasteiger partial charge in [0.25, 0.3) is 0 Å². The molecule has 2 heteroatoms. The Kier molecular flexibility index (Phi) is 14.4. The van der Waals surface area contributed by atoms with Crippen LogP contribution in [0.5, 0.6) is 0 Å². The number of fused-ring (bicyclic) bond motifs is 6. The molecule has 1 nitrogen and oxygen atoms in total. The first-order valence-electron chi connectivity index (χ1n) is 23.1. The largest absolute Gasteiger partial charge is 0.399 e. The topological polar surface area (TPSA) is 26.0 Å². The Balaban J connectivity index is 0.000000161. The van der Waals surface area contributed by atoms with Crippen molar-refractivity contribution in [2.24, 2.45) is 0 Å². The van der Waals surface area contributed by atoms with Crippen LogP contribution in [-0.2, 0) is 17.3 Å². The monoisotopic (exact) mass is 957 g/mol. The lowest BCUT2D eigenvalue weighted by Gasteiger charge is -2.28. The zero-order valence-electron chi connectivity index (χ0n) is 37.9. The third-order valence-electron chi connectivity index (χ3n) is 13.8. The van der Waals surface area contributed by atoms with Crippen LogP contribution >= 0.6 is 15.9 Å². The van der Waals surface area contributed by atoms with Gasteiger partial charge < -0.3 is 5.73 Å². The highest BCUT2D eigenvalue weighted by Gasteiger charge is 2.41. The van der Waals surface area contributed by atoms with Crippen molar-refractivity contribution in [2.45, 2.75) is 46.0 Å². The van der Waals surface area contributed by atoms with Gasteiger partial charge in [-0.15, -0.1) is 0 Å². The number of benzene rings is 10. The van der Waals surface area contributed by atoms with E-state index >= 15 is 0 Å². The lowest BCUT2D eigenvalue weighted by Crippen LogP contribution is -2.22. The van der Waals surface area contributed by atoms with Crippen LogP contribution in [0.3, 0.4) is 0 Å². The Morgan fingerprint density at radius 3 is 1.04 bits per heavy atom. The normalized spacial score (nSPS) is 12.7. The van der Waals surface area contributed by atoms with Crippen molar-refractivity contribution in [3.8, 4) is 44.5 Å². The molecule has 0 saturated carbocycles. The zero-order chi connectivity index (χ0) is 45.8. The van der Waals surface area contributed by atoms with Gasteiger partial charge >= 0.3 is 0 Å². The average molecular weight is 959 g/mol. The fraction of sp³-hybridized carbons (Fsp3) is 0.104. The molecule has 10 aromatic rings. The summed E-state index contributed by atoms with van der Waals surface area (Å²) in [4.78, 5) is 0. The van der Waals surface area contributed by atoms with Gasteiger partial charge in [0.05, 0.1) is 0 Å². The highest BCUT2D eigenvalue weighted by molar-refractivity contribution is 9.10. The molecule has 0 saturated heterocycles. The molecule has 0 amide bonds. The molecule has 2 aliphatic rings. The summed E-state index contributed by atoms with van der Waals surface area (Å²) in [6, 6.07) is 91.1. The maximum absolute atomic E-state index is 5.86. The minimum atomic E-state index is -0.156. The molecule has 0 aliphatic heterocycles. The first-order chi connectivity index (χ1) is 32.8. The molecule has 10 aromatic carbocycles. The molecular weight excluding hydrogens is 899 g/mol. The molecule has 0 radical (unpaired) electrons. The number of rotatable bonds is 6. The average Bonchev–Trinajstić information content (AvgIpc) is 3.81. The van der Waals surface area contributed by atoms with E-state index < -0.39 is 0 Å². The standard InChI is InChI=1S/C33H26.C26H21N.C6H5Br.2CH4/c1-33(31-16-7-5-14-29(31)30-15-6-8-17-32(30)33)28-13-9-12-27(23-28)26-20-18-25(19-21-26)22-24-10-3-2-4-11-24;1-26(20-8-6-7-19(17-20)18-13-15-21(27)16-14-18)24-11-4-2-9-22(24)23-10-3-5-12-25(23)26;7-6-4-2-1-3-5-6;;/h2-21,23H,22H2,1H3;2-17H,27H2,1H3;1-5H;2*1H4. The van der Waals surface area contributed by atoms with Crippen molar-refractivity contribution in [1.82, 2.24) is 0 Å². The van der Waals surface area contributed by atoms with Gasteiger partial charge in [0.1, 0.15) is 0 Å². The number of anilines is 1. The van der Waals surface area contributed by atoms with E-state index in [0.717, 1.165) is 16.6 Å². The summed E-state index contributed by atoms with van der Waals surface area (Å²) in [6.07, 6.45) is 0.965. The van der Waals surface area contributed by atoms with Crippen molar-refractivity contribution in [1.29, 1.82) is 0 Å². The summed E-state index contributed by atoms with van der Waals surface area (Å²) >= 11 is 3.31. The van der Waals surface area contributed by atoms with Crippen LogP contribution in [0.2, 0.25) is 0 Å². The molecule has 0 atom stereocenters. The Labute approximate surface area is 419 Å². The van der Waals surface area contributed by atoms with Gasteiger partial charge in [-0.3, -0.25) is 0 Å². The van der Waals surface area contributed by atoms with E-state index in [2.05, 4.69) is 242 Å². The molecule has 0 spiro atoms. The van der Waals surface area contributed by atoms with Crippen LogP contribution in [0.15, 0.2) is 259 Å². The predicted molar refractivity (Wildman–Crippen MR) is 300 cm³/mol. The first-order valence-corrected chi connectivity index (χ1v) is 23.9. The second-order valence-electron chi connectivity index (χ2n) is 17.9. The fourth-order valence-corrected chi connectivity index (χ4v) is 10.6. The SMILES string of the molecule is Brc1ccccc1.C.C.CC1(c2cccc(-c3ccc(Cc4ccccc4)cc3)c2)c2ccccc2-c2ccccc21.CC1(c2cccc(-c3ccc(N)cc3)c2)c2ccccc2-c2ccccc21. The molecule has 0 fully saturated rings. The van der Waals surface area contributed by atoms with Gasteiger partial charge in [-0.25, -0.2) is 0 Å². The Hall–Kier alpha value is -7.52. The highest BCUT2D eigenvalue weighted by atomic mass is 79.9. The lowest BCUT2D eigenvalue weighted by atomic mass is 9.74. The summed E-state index contributed by atoms with van der Waals surface area (Å²) in [5, 5.41) is 0. The van der Waals surface area contributed by atoms with E-state index in [9.17, 15) is 0 Å². The van der Waals surface area contributed by atoms with Crippen LogP contribution in [-0.4, -0.2) is 0 Å². The van der Waals surface area contributed by atoms with E-state index in [0.29, 0.717) is 0 Å². The molecule has 2 N–H and O–H groups in total. The van der Waals surface area contributed by atoms with Crippen LogP contribution in [0.1, 0.15) is 73.2 Å². The Morgan fingerprint density at radius 2 is 0.667 bits per heavy atom. The van der Waals surface area contributed by atoms with Gasteiger partial charge in [-0.05, 0) is 146 Å². The number of halogens is 1. The third kappa shape index (κ3) is 9.38. The molecule has 69 heavy (non-hydrogen) atoms.